The molecule has 0 aliphatic heterocycles. The maximum Gasteiger partial charge on any atom is 0.239 e. The number of aryl methyl sites for hydroxylation is 1. The van der Waals surface area contributed by atoms with Crippen LogP contribution in [0.25, 0.3) is 0 Å². The van der Waals surface area contributed by atoms with Gasteiger partial charge in [0.15, 0.2) is 5.69 Å². The summed E-state index contributed by atoms with van der Waals surface area (Å²) in [5.41, 5.74) is 1.84. The van der Waals surface area contributed by atoms with E-state index in [9.17, 15) is 0 Å². The maximum absolute atomic E-state index is 8.56. The van der Waals surface area contributed by atoms with Gasteiger partial charge in [0.05, 0.1) is 0 Å². The Kier molecular flexibility index (Phi) is 24.2. The molecule has 14 heavy (non-hydrogen) atoms. The van der Waals surface area contributed by atoms with E-state index in [0.29, 0.717) is 0 Å². The molecule has 0 spiro atoms. The molecular weight excluding hydrogens is 180 g/mol. The quantitative estimate of drug-likeness (QED) is 0.646. The van der Waals surface area contributed by atoms with E-state index in [2.05, 4.69) is 9.97 Å². The number of H-pyrrole nitrogens is 2. The van der Waals surface area contributed by atoms with Gasteiger partial charge in [-0.2, -0.15) is 0 Å². The van der Waals surface area contributed by atoms with E-state index in [1.54, 1.807) is 6.33 Å². The number of aromatic amines is 2. The molecule has 1 aromatic heterocycles. The molecule has 0 fully saturated rings. The van der Waals surface area contributed by atoms with Crippen LogP contribution in [0, 0.1) is 6.92 Å². The second-order valence-corrected chi connectivity index (χ2v) is 1.69. The summed E-state index contributed by atoms with van der Waals surface area (Å²) < 4.78 is 0. The Balaban J connectivity index is -0.000000174. The van der Waals surface area contributed by atoms with Crippen LogP contribution in [-0.4, -0.2) is 22.3 Å². The maximum atomic E-state index is 8.56. The third-order valence-electron chi connectivity index (χ3n) is 1.15. The molecule has 86 valence electrons. The molecule has 0 atom stereocenters. The SMILES string of the molecule is CC.CC.CO.Cc1[nH]c[nH+]c1CO. The molecule has 4 heteroatoms. The lowest BCUT2D eigenvalue weighted by atomic mass is 10.4. The number of imidazole rings is 1. The largest absolute Gasteiger partial charge is 0.400 e. The summed E-state index contributed by atoms with van der Waals surface area (Å²) in [6.45, 7) is 9.98. The van der Waals surface area contributed by atoms with Crippen LogP contribution in [0.1, 0.15) is 39.1 Å². The predicted molar refractivity (Wildman–Crippen MR) is 58.8 cm³/mol. The molecule has 0 radical (unpaired) electrons. The zero-order chi connectivity index (χ0) is 12.0. The molecule has 0 bridgehead atoms. The highest BCUT2D eigenvalue weighted by Gasteiger charge is 2.01. The van der Waals surface area contributed by atoms with Gasteiger partial charge in [0.25, 0.3) is 0 Å². The Morgan fingerprint density at radius 1 is 1.21 bits per heavy atom. The Morgan fingerprint density at radius 3 is 1.79 bits per heavy atom. The Bertz CT molecular complexity index is 176. The van der Waals surface area contributed by atoms with Crippen LogP contribution in [0.5, 0.6) is 0 Å². The van der Waals surface area contributed by atoms with Crippen molar-refractivity contribution in [2.24, 2.45) is 0 Å². The second-order valence-electron chi connectivity index (χ2n) is 1.69. The average Bonchev–Trinajstić information content (AvgIpc) is 2.72. The van der Waals surface area contributed by atoms with E-state index < -0.39 is 0 Å². The Hall–Kier alpha value is -0.870. The summed E-state index contributed by atoms with van der Waals surface area (Å²) in [5, 5.41) is 15.6. The molecule has 0 amide bonds. The molecule has 0 aliphatic carbocycles. The molecule has 0 saturated heterocycles. The van der Waals surface area contributed by atoms with Crippen molar-refractivity contribution in [2.75, 3.05) is 7.11 Å². The number of aromatic nitrogens is 2. The van der Waals surface area contributed by atoms with Gasteiger partial charge in [-0.3, -0.25) is 0 Å². The van der Waals surface area contributed by atoms with Crippen molar-refractivity contribution in [1.82, 2.24) is 4.98 Å². The summed E-state index contributed by atoms with van der Waals surface area (Å²) in [6.07, 6.45) is 1.70. The fourth-order valence-corrected chi connectivity index (χ4v) is 0.591. The van der Waals surface area contributed by atoms with Crippen molar-refractivity contribution >= 4 is 0 Å². The molecule has 0 aliphatic rings. The monoisotopic (exact) mass is 205 g/mol. The highest BCUT2D eigenvalue weighted by molar-refractivity contribution is 4.99. The summed E-state index contributed by atoms with van der Waals surface area (Å²) >= 11 is 0. The minimum absolute atomic E-state index is 0.0787. The second kappa shape index (κ2) is 18.0. The van der Waals surface area contributed by atoms with Gasteiger partial charge in [0.2, 0.25) is 6.33 Å². The minimum atomic E-state index is 0.0787. The summed E-state index contributed by atoms with van der Waals surface area (Å²) in [4.78, 5) is 5.75. The Morgan fingerprint density at radius 2 is 1.64 bits per heavy atom. The fourth-order valence-electron chi connectivity index (χ4n) is 0.591. The van der Waals surface area contributed by atoms with E-state index in [1.165, 1.54) is 0 Å². The molecule has 0 aromatic carbocycles. The van der Waals surface area contributed by atoms with Gasteiger partial charge in [-0.15, -0.1) is 0 Å². The lowest BCUT2D eigenvalue weighted by Crippen LogP contribution is -2.04. The van der Waals surface area contributed by atoms with Gasteiger partial charge >= 0.3 is 0 Å². The summed E-state index contributed by atoms with van der Waals surface area (Å²) in [6, 6.07) is 0. The third-order valence-corrected chi connectivity index (χ3v) is 1.15. The van der Waals surface area contributed by atoms with E-state index in [-0.39, 0.29) is 6.61 Å². The zero-order valence-electron chi connectivity index (χ0n) is 10.2. The Labute approximate surface area is 87.0 Å². The van der Waals surface area contributed by atoms with Crippen molar-refractivity contribution in [3.63, 3.8) is 0 Å². The van der Waals surface area contributed by atoms with Gasteiger partial charge in [-0.05, 0) is 0 Å². The molecule has 1 rings (SSSR count). The van der Waals surface area contributed by atoms with Gasteiger partial charge in [-0.25, -0.2) is 9.97 Å². The van der Waals surface area contributed by atoms with Crippen molar-refractivity contribution in [1.29, 1.82) is 0 Å². The van der Waals surface area contributed by atoms with Gasteiger partial charge in [0.1, 0.15) is 12.3 Å². The smallest absolute Gasteiger partial charge is 0.239 e. The van der Waals surface area contributed by atoms with Crippen LogP contribution in [0.3, 0.4) is 0 Å². The average molecular weight is 205 g/mol. The summed E-state index contributed by atoms with van der Waals surface area (Å²) in [5.74, 6) is 0. The topological polar surface area (TPSA) is 70.4 Å². The molecule has 1 aromatic rings. The number of hydrogen-bond donors (Lipinski definition) is 3. The van der Waals surface area contributed by atoms with Crippen LogP contribution >= 0.6 is 0 Å². The summed E-state index contributed by atoms with van der Waals surface area (Å²) in [7, 11) is 1.00. The number of nitrogens with one attached hydrogen (secondary N) is 2. The van der Waals surface area contributed by atoms with Gasteiger partial charge in [-0.1, -0.05) is 27.7 Å². The highest BCUT2D eigenvalue weighted by atomic mass is 16.3. The van der Waals surface area contributed by atoms with E-state index in [0.717, 1.165) is 18.5 Å². The first-order valence-electron chi connectivity index (χ1n) is 4.94. The van der Waals surface area contributed by atoms with Crippen LogP contribution < -0.4 is 4.98 Å². The number of aliphatic hydroxyl groups is 2. The lowest BCUT2D eigenvalue weighted by molar-refractivity contribution is -0.392. The minimum Gasteiger partial charge on any atom is -0.400 e. The number of rotatable bonds is 1. The number of aliphatic hydroxyl groups excluding tert-OH is 2. The van der Waals surface area contributed by atoms with Crippen LogP contribution in [0.4, 0.5) is 0 Å². The van der Waals surface area contributed by atoms with Crippen molar-refractivity contribution in [3.8, 4) is 0 Å². The first-order valence-corrected chi connectivity index (χ1v) is 4.94. The molecule has 4 N–H and O–H groups in total. The number of hydrogen-bond acceptors (Lipinski definition) is 2. The van der Waals surface area contributed by atoms with Crippen LogP contribution in [-0.2, 0) is 6.61 Å². The van der Waals surface area contributed by atoms with Gasteiger partial charge < -0.3 is 10.2 Å². The van der Waals surface area contributed by atoms with Gasteiger partial charge in [0, 0.05) is 14.0 Å². The third kappa shape index (κ3) is 9.22. The normalized spacial score (nSPS) is 6.86. The lowest BCUT2D eigenvalue weighted by Gasteiger charge is -1.80. The van der Waals surface area contributed by atoms with Crippen molar-refractivity contribution in [2.45, 2.75) is 41.2 Å². The standard InChI is InChI=1S/C5H8N2O.2C2H6.CH4O/c1-4-5(2-8)7-3-6-4;3*1-2/h3,8H,2H2,1H3,(H,6,7);2*1-2H3;2H,1H3/p+1. The molecule has 1 heterocycles. The highest BCUT2D eigenvalue weighted by Crippen LogP contribution is 1.92. The first-order chi connectivity index (χ1) is 6.84. The molecule has 4 nitrogen and oxygen atoms in total. The van der Waals surface area contributed by atoms with E-state index >= 15 is 0 Å². The molecular formula is C10H25N2O2+. The zero-order valence-corrected chi connectivity index (χ0v) is 10.2. The van der Waals surface area contributed by atoms with Crippen molar-refractivity contribution < 1.29 is 15.2 Å². The fraction of sp³-hybridized carbons (Fsp3) is 0.700. The van der Waals surface area contributed by atoms with E-state index in [4.69, 9.17) is 10.2 Å². The molecule has 0 saturated carbocycles. The van der Waals surface area contributed by atoms with Crippen LogP contribution in [0.15, 0.2) is 6.33 Å². The predicted octanol–water partition coefficient (Wildman–Crippen LogP) is 1.29. The molecule has 0 unspecified atom stereocenters. The van der Waals surface area contributed by atoms with Crippen LogP contribution in [0.2, 0.25) is 0 Å². The van der Waals surface area contributed by atoms with E-state index in [1.807, 2.05) is 34.6 Å². The van der Waals surface area contributed by atoms with Crippen molar-refractivity contribution in [3.05, 3.63) is 17.7 Å². The first kappa shape index (κ1) is 18.8.